The van der Waals surface area contributed by atoms with Crippen molar-refractivity contribution in [3.05, 3.63) is 103 Å². The molecule has 2 aromatic heterocycles. The molecule has 13 heteroatoms. The van der Waals surface area contributed by atoms with Gasteiger partial charge in [-0.2, -0.15) is 9.97 Å². The Balaban J connectivity index is 1.57. The molecule has 0 aliphatic carbocycles. The number of benzene rings is 3. The molecular formula is C36H38N6O7. The van der Waals surface area contributed by atoms with Gasteiger partial charge in [-0.15, -0.1) is 0 Å². The quantitative estimate of drug-likeness (QED) is 0.140. The number of imidazole rings is 1. The second-order valence-electron chi connectivity index (χ2n) is 11.7. The zero-order valence-corrected chi connectivity index (χ0v) is 27.6. The highest BCUT2D eigenvalue weighted by Gasteiger charge is 2.28. The van der Waals surface area contributed by atoms with Crippen LogP contribution >= 0.6 is 0 Å². The summed E-state index contributed by atoms with van der Waals surface area (Å²) in [5, 5.41) is 12.8. The second-order valence-corrected chi connectivity index (χ2v) is 11.7. The van der Waals surface area contributed by atoms with E-state index in [-0.39, 0.29) is 48.0 Å². The summed E-state index contributed by atoms with van der Waals surface area (Å²) in [6.45, 7) is 6.58. The second kappa shape index (κ2) is 16.0. The predicted octanol–water partition coefficient (Wildman–Crippen LogP) is 6.15. The van der Waals surface area contributed by atoms with Crippen LogP contribution in [0.25, 0.3) is 11.2 Å². The van der Waals surface area contributed by atoms with Gasteiger partial charge in [0.2, 0.25) is 11.9 Å². The molecule has 0 radical (unpaired) electrons. The molecule has 0 fully saturated rings. The van der Waals surface area contributed by atoms with Gasteiger partial charge in [0.25, 0.3) is 5.88 Å². The Kier molecular flexibility index (Phi) is 11.3. The fraction of sp³-hybridized carbons (Fsp3) is 0.278. The van der Waals surface area contributed by atoms with E-state index in [2.05, 4.69) is 20.3 Å². The average molecular weight is 667 g/mol. The van der Waals surface area contributed by atoms with E-state index in [1.807, 2.05) is 26.0 Å². The highest BCUT2D eigenvalue weighted by molar-refractivity contribution is 5.98. The number of hydrogen-bond acceptors (Lipinski definition) is 10. The first kappa shape index (κ1) is 34.7. The van der Waals surface area contributed by atoms with Crippen molar-refractivity contribution in [3.8, 4) is 5.88 Å². The van der Waals surface area contributed by atoms with Crippen molar-refractivity contribution in [2.45, 2.75) is 40.0 Å². The fourth-order valence-corrected chi connectivity index (χ4v) is 4.73. The number of nitrogens with one attached hydrogen (secondary N) is 1. The number of rotatable bonds is 13. The van der Waals surface area contributed by atoms with Crippen LogP contribution in [0.5, 0.6) is 5.88 Å². The summed E-state index contributed by atoms with van der Waals surface area (Å²) in [6.07, 6.45) is -1.10. The van der Waals surface area contributed by atoms with Gasteiger partial charge in [-0.1, -0.05) is 82.3 Å². The SMILES string of the molecule is CC(C)C(=O)Nc1nc(OC(=O)N(c2ccccc2)c2ccccc2)c2ncn([C@@H](COC(=O)c3ccccc3)O[C@@H](CO)C(C)C)c2n1. The zero-order chi connectivity index (χ0) is 34.9. The van der Waals surface area contributed by atoms with Gasteiger partial charge < -0.3 is 19.3 Å². The molecule has 5 rings (SSSR count). The molecule has 5 aromatic rings. The van der Waals surface area contributed by atoms with Crippen LogP contribution in [0.15, 0.2) is 97.3 Å². The fourth-order valence-electron chi connectivity index (χ4n) is 4.73. The van der Waals surface area contributed by atoms with Gasteiger partial charge in [0, 0.05) is 5.92 Å². The van der Waals surface area contributed by atoms with E-state index >= 15 is 0 Å². The molecule has 13 nitrogen and oxygen atoms in total. The molecule has 0 spiro atoms. The van der Waals surface area contributed by atoms with E-state index in [9.17, 15) is 19.5 Å². The van der Waals surface area contributed by atoms with E-state index in [1.165, 1.54) is 15.8 Å². The van der Waals surface area contributed by atoms with E-state index < -0.39 is 30.3 Å². The molecule has 0 bridgehead atoms. The number of amides is 2. The number of hydrogen-bond donors (Lipinski definition) is 2. The molecule has 3 aromatic carbocycles. The number of para-hydroxylation sites is 2. The molecule has 2 heterocycles. The van der Waals surface area contributed by atoms with Gasteiger partial charge in [0.15, 0.2) is 17.4 Å². The number of anilines is 3. The Hall–Kier alpha value is -5.66. The van der Waals surface area contributed by atoms with Gasteiger partial charge in [-0.25, -0.2) is 19.5 Å². The van der Waals surface area contributed by atoms with E-state index in [4.69, 9.17) is 14.2 Å². The van der Waals surface area contributed by atoms with Gasteiger partial charge >= 0.3 is 12.1 Å². The number of carbonyl (C=O) groups excluding carboxylic acids is 3. The number of nitrogens with zero attached hydrogens (tertiary/aromatic N) is 5. The molecule has 0 saturated carbocycles. The van der Waals surface area contributed by atoms with Crippen LogP contribution in [0.1, 0.15) is 44.3 Å². The monoisotopic (exact) mass is 666 g/mol. The van der Waals surface area contributed by atoms with Crippen LogP contribution in [0, 0.1) is 11.8 Å². The molecular weight excluding hydrogens is 628 g/mol. The summed E-state index contributed by atoms with van der Waals surface area (Å²) in [7, 11) is 0. The Labute approximate surface area is 283 Å². The van der Waals surface area contributed by atoms with E-state index in [0.29, 0.717) is 16.9 Å². The van der Waals surface area contributed by atoms with Crippen molar-refractivity contribution in [1.82, 2.24) is 19.5 Å². The zero-order valence-electron chi connectivity index (χ0n) is 27.6. The number of aliphatic hydroxyl groups is 1. The summed E-state index contributed by atoms with van der Waals surface area (Å²) in [6, 6.07) is 26.4. The van der Waals surface area contributed by atoms with Crippen molar-refractivity contribution in [3.63, 3.8) is 0 Å². The predicted molar refractivity (Wildman–Crippen MR) is 182 cm³/mol. The molecule has 0 aliphatic rings. The molecule has 2 amide bonds. The van der Waals surface area contributed by atoms with Crippen LogP contribution in [-0.4, -0.2) is 61.9 Å². The Morgan fingerprint density at radius 2 is 1.45 bits per heavy atom. The molecule has 2 N–H and O–H groups in total. The van der Waals surface area contributed by atoms with Crippen molar-refractivity contribution < 1.29 is 33.7 Å². The molecule has 0 saturated heterocycles. The lowest BCUT2D eigenvalue weighted by atomic mass is 10.1. The first-order valence-electron chi connectivity index (χ1n) is 15.8. The molecule has 49 heavy (non-hydrogen) atoms. The topological polar surface area (TPSA) is 158 Å². The number of fused-ring (bicyclic) bond motifs is 1. The molecule has 2 atom stereocenters. The van der Waals surface area contributed by atoms with Crippen molar-refractivity contribution in [2.75, 3.05) is 23.4 Å². The third-order valence-electron chi connectivity index (χ3n) is 7.48. The first-order chi connectivity index (χ1) is 23.7. The number of carbonyl (C=O) groups is 3. The summed E-state index contributed by atoms with van der Waals surface area (Å²) in [5.41, 5.74) is 1.62. The highest BCUT2D eigenvalue weighted by Crippen LogP contribution is 2.31. The average Bonchev–Trinajstić information content (AvgIpc) is 3.53. The Morgan fingerprint density at radius 3 is 2.00 bits per heavy atom. The summed E-state index contributed by atoms with van der Waals surface area (Å²) < 4.78 is 19.3. The minimum absolute atomic E-state index is 0.0741. The minimum atomic E-state index is -1.03. The van der Waals surface area contributed by atoms with Crippen LogP contribution in [0.4, 0.5) is 22.1 Å². The lowest BCUT2D eigenvalue weighted by Crippen LogP contribution is -2.31. The summed E-state index contributed by atoms with van der Waals surface area (Å²) in [4.78, 5) is 54.3. The minimum Gasteiger partial charge on any atom is -0.457 e. The third kappa shape index (κ3) is 8.44. The van der Waals surface area contributed by atoms with Gasteiger partial charge in [-0.3, -0.25) is 14.7 Å². The molecule has 254 valence electrons. The van der Waals surface area contributed by atoms with Crippen LogP contribution in [0.3, 0.4) is 0 Å². The molecule has 0 aliphatic heterocycles. The number of aliphatic hydroxyl groups excluding tert-OH is 1. The summed E-state index contributed by atoms with van der Waals surface area (Å²) in [5.74, 6) is -1.85. The van der Waals surface area contributed by atoms with Gasteiger partial charge in [-0.05, 0) is 42.3 Å². The van der Waals surface area contributed by atoms with E-state index in [1.54, 1.807) is 92.7 Å². The normalized spacial score (nSPS) is 12.5. The van der Waals surface area contributed by atoms with Crippen LogP contribution < -0.4 is 15.0 Å². The van der Waals surface area contributed by atoms with Crippen LogP contribution in [0.2, 0.25) is 0 Å². The number of esters is 1. The Morgan fingerprint density at radius 1 is 0.857 bits per heavy atom. The largest absolute Gasteiger partial charge is 0.457 e. The van der Waals surface area contributed by atoms with E-state index in [0.717, 1.165) is 0 Å². The third-order valence-corrected chi connectivity index (χ3v) is 7.48. The maximum Gasteiger partial charge on any atom is 0.425 e. The maximum atomic E-state index is 13.9. The lowest BCUT2D eigenvalue weighted by molar-refractivity contribution is -0.118. The van der Waals surface area contributed by atoms with Gasteiger partial charge in [0.05, 0.1) is 36.0 Å². The highest BCUT2D eigenvalue weighted by atomic mass is 16.6. The van der Waals surface area contributed by atoms with Crippen molar-refractivity contribution in [2.24, 2.45) is 11.8 Å². The first-order valence-corrected chi connectivity index (χ1v) is 15.8. The standard InChI is InChI=1S/C36H38N6O7/c1-23(2)28(20-43)48-29(21-47-34(45)25-14-8-5-9-15-25)41-22-37-30-31(41)38-35(39-32(44)24(3)4)40-33(30)49-36(46)42(26-16-10-6-11-17-26)27-18-12-7-13-19-27/h5-19,22-24,28-29,43H,20-21H2,1-4H3,(H,38,39,40,44)/t28-,29+/m0/s1. The maximum absolute atomic E-state index is 13.9. The van der Waals surface area contributed by atoms with Crippen molar-refractivity contribution >= 4 is 46.5 Å². The smallest absolute Gasteiger partial charge is 0.425 e. The number of aromatic nitrogens is 4. The number of ether oxygens (including phenoxy) is 3. The Bertz CT molecular complexity index is 1830. The lowest BCUT2D eigenvalue weighted by Gasteiger charge is -2.27. The van der Waals surface area contributed by atoms with Gasteiger partial charge in [0.1, 0.15) is 6.61 Å². The van der Waals surface area contributed by atoms with Crippen LogP contribution in [-0.2, 0) is 14.3 Å². The van der Waals surface area contributed by atoms with Crippen molar-refractivity contribution in [1.29, 1.82) is 0 Å². The summed E-state index contributed by atoms with van der Waals surface area (Å²) >= 11 is 0. The molecule has 0 unspecified atom stereocenters.